The maximum atomic E-state index is 12.7. The predicted octanol–water partition coefficient (Wildman–Crippen LogP) is 4.24. The number of benzene rings is 2. The zero-order valence-corrected chi connectivity index (χ0v) is 16.3. The molecule has 1 N–H and O–H groups in total. The van der Waals surface area contributed by atoms with Crippen molar-refractivity contribution in [1.29, 1.82) is 0 Å². The van der Waals surface area contributed by atoms with E-state index in [1.165, 1.54) is 12.1 Å². The monoisotopic (exact) mass is 404 g/mol. The number of halogens is 3. The van der Waals surface area contributed by atoms with Crippen LogP contribution in [0.4, 0.5) is 13.2 Å². The summed E-state index contributed by atoms with van der Waals surface area (Å²) in [6.07, 6.45) is -2.67. The molecule has 3 rings (SSSR count). The van der Waals surface area contributed by atoms with Crippen LogP contribution in [-0.2, 0) is 17.5 Å². The zero-order valence-electron chi connectivity index (χ0n) is 16.3. The lowest BCUT2D eigenvalue weighted by molar-refractivity contribution is -0.137. The summed E-state index contributed by atoms with van der Waals surface area (Å²) < 4.78 is 38.1. The van der Waals surface area contributed by atoms with E-state index >= 15 is 0 Å². The molecule has 154 valence electrons. The minimum Gasteiger partial charge on any atom is -0.343 e. The Morgan fingerprint density at radius 2 is 1.69 bits per heavy atom. The SMILES string of the molecule is Cc1ccc(C(=O)NCC(=O)N(Cc2ccc(C(F)(F)F)cc2)C2CC2)cc1C. The first-order valence-electron chi connectivity index (χ1n) is 9.46. The summed E-state index contributed by atoms with van der Waals surface area (Å²) in [5, 5.41) is 2.64. The molecule has 0 aromatic heterocycles. The number of rotatable bonds is 6. The molecule has 1 fully saturated rings. The largest absolute Gasteiger partial charge is 0.416 e. The molecule has 0 heterocycles. The minimum atomic E-state index is -4.39. The fraction of sp³-hybridized carbons (Fsp3) is 0.364. The van der Waals surface area contributed by atoms with Crippen molar-refractivity contribution in [2.24, 2.45) is 0 Å². The van der Waals surface area contributed by atoms with E-state index in [0.717, 1.165) is 36.1 Å². The zero-order chi connectivity index (χ0) is 21.2. The van der Waals surface area contributed by atoms with E-state index in [1.807, 2.05) is 19.9 Å². The Morgan fingerprint density at radius 3 is 2.24 bits per heavy atom. The van der Waals surface area contributed by atoms with Crippen molar-refractivity contribution in [2.75, 3.05) is 6.54 Å². The molecule has 1 saturated carbocycles. The number of carbonyl (C=O) groups is 2. The van der Waals surface area contributed by atoms with E-state index in [-0.39, 0.29) is 30.9 Å². The van der Waals surface area contributed by atoms with Gasteiger partial charge < -0.3 is 10.2 Å². The minimum absolute atomic E-state index is 0.0725. The Bertz CT molecular complexity index is 903. The van der Waals surface area contributed by atoms with Crippen LogP contribution in [-0.4, -0.2) is 29.3 Å². The molecule has 2 aromatic rings. The van der Waals surface area contributed by atoms with Crippen molar-refractivity contribution in [3.8, 4) is 0 Å². The fourth-order valence-electron chi connectivity index (χ4n) is 3.05. The van der Waals surface area contributed by atoms with Gasteiger partial charge in [-0.05, 0) is 67.6 Å². The van der Waals surface area contributed by atoms with Crippen LogP contribution in [0.25, 0.3) is 0 Å². The molecule has 0 atom stereocenters. The lowest BCUT2D eigenvalue weighted by Crippen LogP contribution is -2.41. The molecule has 0 spiro atoms. The Labute approximate surface area is 167 Å². The van der Waals surface area contributed by atoms with Gasteiger partial charge in [-0.15, -0.1) is 0 Å². The second-order valence-electron chi connectivity index (χ2n) is 7.43. The number of aryl methyl sites for hydroxylation is 2. The first-order valence-corrected chi connectivity index (χ1v) is 9.46. The highest BCUT2D eigenvalue weighted by Gasteiger charge is 2.33. The van der Waals surface area contributed by atoms with Crippen molar-refractivity contribution >= 4 is 11.8 Å². The summed E-state index contributed by atoms with van der Waals surface area (Å²) in [5.74, 6) is -0.573. The quantitative estimate of drug-likeness (QED) is 0.783. The molecule has 0 radical (unpaired) electrons. The molecule has 1 aliphatic rings. The number of nitrogens with zero attached hydrogens (tertiary/aromatic N) is 1. The van der Waals surface area contributed by atoms with Crippen molar-refractivity contribution in [3.05, 3.63) is 70.3 Å². The van der Waals surface area contributed by atoms with Gasteiger partial charge in [0.2, 0.25) is 5.91 Å². The smallest absolute Gasteiger partial charge is 0.343 e. The Kier molecular flexibility index (Phi) is 5.96. The second-order valence-corrected chi connectivity index (χ2v) is 7.43. The highest BCUT2D eigenvalue weighted by molar-refractivity contribution is 5.96. The van der Waals surface area contributed by atoms with Gasteiger partial charge in [-0.25, -0.2) is 0 Å². The van der Waals surface area contributed by atoms with Crippen LogP contribution in [0.2, 0.25) is 0 Å². The molecule has 4 nitrogen and oxygen atoms in total. The predicted molar refractivity (Wildman–Crippen MR) is 103 cm³/mol. The van der Waals surface area contributed by atoms with Crippen LogP contribution in [0, 0.1) is 13.8 Å². The summed E-state index contributed by atoms with van der Waals surface area (Å²) in [7, 11) is 0. The number of carbonyl (C=O) groups excluding carboxylic acids is 2. The Hall–Kier alpha value is -2.83. The van der Waals surface area contributed by atoms with Crippen LogP contribution in [0.5, 0.6) is 0 Å². The molecule has 1 aliphatic carbocycles. The van der Waals surface area contributed by atoms with Crippen molar-refractivity contribution in [2.45, 2.75) is 45.5 Å². The second kappa shape index (κ2) is 8.27. The average Bonchev–Trinajstić information content (AvgIpc) is 3.50. The lowest BCUT2D eigenvalue weighted by Gasteiger charge is -2.23. The number of nitrogens with one attached hydrogen (secondary N) is 1. The van der Waals surface area contributed by atoms with E-state index in [0.29, 0.717) is 11.1 Å². The lowest BCUT2D eigenvalue weighted by atomic mass is 10.1. The third kappa shape index (κ3) is 5.37. The molecule has 0 aliphatic heterocycles. The van der Waals surface area contributed by atoms with Crippen molar-refractivity contribution in [3.63, 3.8) is 0 Å². The number of hydrogen-bond acceptors (Lipinski definition) is 2. The number of hydrogen-bond donors (Lipinski definition) is 1. The molecule has 0 saturated heterocycles. The normalized spacial score (nSPS) is 13.8. The first kappa shape index (κ1) is 20.9. The van der Waals surface area contributed by atoms with Crippen molar-refractivity contribution in [1.82, 2.24) is 10.2 Å². The summed E-state index contributed by atoms with van der Waals surface area (Å²) in [6, 6.07) is 10.2. The van der Waals surface area contributed by atoms with Crippen molar-refractivity contribution < 1.29 is 22.8 Å². The number of alkyl halides is 3. The molecule has 2 amide bonds. The van der Waals surface area contributed by atoms with Gasteiger partial charge in [-0.3, -0.25) is 9.59 Å². The summed E-state index contributed by atoms with van der Waals surface area (Å²) in [6.45, 7) is 3.94. The molecular formula is C22H23F3N2O2. The van der Waals surface area contributed by atoms with E-state index in [4.69, 9.17) is 0 Å². The molecule has 0 bridgehead atoms. The van der Waals surface area contributed by atoms with Gasteiger partial charge in [-0.2, -0.15) is 13.2 Å². The van der Waals surface area contributed by atoms with Crippen LogP contribution >= 0.6 is 0 Å². The Morgan fingerprint density at radius 1 is 1.03 bits per heavy atom. The summed E-state index contributed by atoms with van der Waals surface area (Å²) >= 11 is 0. The highest BCUT2D eigenvalue weighted by Crippen LogP contribution is 2.31. The molecule has 29 heavy (non-hydrogen) atoms. The summed E-state index contributed by atoms with van der Waals surface area (Å²) in [4.78, 5) is 26.6. The average molecular weight is 404 g/mol. The van der Waals surface area contributed by atoms with Gasteiger partial charge in [0.15, 0.2) is 0 Å². The van der Waals surface area contributed by atoms with Crippen LogP contribution < -0.4 is 5.32 Å². The van der Waals surface area contributed by atoms with E-state index in [2.05, 4.69) is 5.32 Å². The van der Waals surface area contributed by atoms with Gasteiger partial charge in [0.25, 0.3) is 5.91 Å². The molecule has 0 unspecified atom stereocenters. The van der Waals surface area contributed by atoms with Crippen LogP contribution in [0.1, 0.15) is 45.5 Å². The van der Waals surface area contributed by atoms with E-state index in [1.54, 1.807) is 17.0 Å². The fourth-order valence-corrected chi connectivity index (χ4v) is 3.05. The van der Waals surface area contributed by atoms with E-state index in [9.17, 15) is 22.8 Å². The van der Waals surface area contributed by atoms with E-state index < -0.39 is 11.7 Å². The van der Waals surface area contributed by atoms with Gasteiger partial charge in [0.05, 0.1) is 12.1 Å². The maximum Gasteiger partial charge on any atom is 0.416 e. The number of amides is 2. The first-order chi connectivity index (χ1) is 13.6. The van der Waals surface area contributed by atoms with Crippen LogP contribution in [0.15, 0.2) is 42.5 Å². The molecule has 2 aromatic carbocycles. The molecular weight excluding hydrogens is 381 g/mol. The van der Waals surface area contributed by atoms with Gasteiger partial charge in [0.1, 0.15) is 0 Å². The van der Waals surface area contributed by atoms with Gasteiger partial charge in [-0.1, -0.05) is 18.2 Å². The maximum absolute atomic E-state index is 12.7. The van der Waals surface area contributed by atoms with Crippen LogP contribution in [0.3, 0.4) is 0 Å². The molecule has 7 heteroatoms. The standard InChI is InChI=1S/C22H23F3N2O2/c1-14-3-6-17(11-15(14)2)21(29)26-12-20(28)27(19-9-10-19)13-16-4-7-18(8-5-16)22(23,24)25/h3-8,11,19H,9-10,12-13H2,1-2H3,(H,26,29). The summed E-state index contributed by atoms with van der Waals surface area (Å²) in [5.41, 5.74) is 2.46. The Balaban J connectivity index is 1.61. The topological polar surface area (TPSA) is 49.4 Å². The third-order valence-electron chi connectivity index (χ3n) is 5.11. The third-order valence-corrected chi connectivity index (χ3v) is 5.11. The highest BCUT2D eigenvalue weighted by atomic mass is 19.4. The van der Waals surface area contributed by atoms with Gasteiger partial charge >= 0.3 is 6.18 Å². The van der Waals surface area contributed by atoms with Gasteiger partial charge in [0, 0.05) is 18.2 Å².